The van der Waals surface area contributed by atoms with Gasteiger partial charge in [0.05, 0.1) is 21.3 Å². The van der Waals surface area contributed by atoms with Gasteiger partial charge in [-0.1, -0.05) is 0 Å². The van der Waals surface area contributed by atoms with Crippen molar-refractivity contribution < 1.29 is 23.8 Å². The Labute approximate surface area is 141 Å². The minimum atomic E-state index is -0.251. The smallest absolute Gasteiger partial charge is 0.251 e. The average Bonchev–Trinajstić information content (AvgIpc) is 2.61. The Hall–Kier alpha value is -2.44. The molecule has 24 heavy (non-hydrogen) atoms. The average molecular weight is 336 g/mol. The molecule has 0 radical (unpaired) electrons. The Bertz CT molecular complexity index is 578. The number of hydrogen-bond acceptors (Lipinski definition) is 5. The molecule has 0 saturated carbocycles. The second-order valence-electron chi connectivity index (χ2n) is 5.51. The summed E-state index contributed by atoms with van der Waals surface area (Å²) in [7, 11) is 4.51. The molecule has 0 aliphatic carbocycles. The van der Waals surface area contributed by atoms with E-state index in [2.05, 4.69) is 5.32 Å². The highest BCUT2D eigenvalue weighted by atomic mass is 16.5. The molecule has 1 aromatic carbocycles. The molecule has 0 bridgehead atoms. The lowest BCUT2D eigenvalue weighted by molar-refractivity contribution is -0.133. The van der Waals surface area contributed by atoms with E-state index in [1.54, 1.807) is 17.0 Å². The maximum atomic E-state index is 12.3. The van der Waals surface area contributed by atoms with Gasteiger partial charge in [0.1, 0.15) is 0 Å². The first-order chi connectivity index (χ1) is 11.6. The molecule has 0 unspecified atom stereocenters. The van der Waals surface area contributed by atoms with Crippen molar-refractivity contribution in [1.29, 1.82) is 0 Å². The highest BCUT2D eigenvalue weighted by Crippen LogP contribution is 2.38. The van der Waals surface area contributed by atoms with Gasteiger partial charge in [-0.05, 0) is 25.0 Å². The minimum Gasteiger partial charge on any atom is -0.493 e. The molecule has 7 nitrogen and oxygen atoms in total. The SMILES string of the molecule is COc1cc(C(=O)NCCN2CCCCC2=O)cc(OC)c1OC. The third-order valence-electron chi connectivity index (χ3n) is 4.02. The number of carbonyl (C=O) groups excluding carboxylic acids is 2. The zero-order valence-electron chi connectivity index (χ0n) is 14.4. The number of nitrogens with one attached hydrogen (secondary N) is 1. The third kappa shape index (κ3) is 4.10. The molecule has 1 N–H and O–H groups in total. The Kier molecular flexibility index (Phi) is 6.28. The lowest BCUT2D eigenvalue weighted by Crippen LogP contribution is -2.41. The molecule has 1 aliphatic heterocycles. The largest absolute Gasteiger partial charge is 0.493 e. The molecule has 1 aliphatic rings. The summed E-state index contributed by atoms with van der Waals surface area (Å²) < 4.78 is 15.7. The van der Waals surface area contributed by atoms with Crippen molar-refractivity contribution >= 4 is 11.8 Å². The molecule has 2 amide bonds. The Morgan fingerprint density at radius 3 is 2.33 bits per heavy atom. The van der Waals surface area contributed by atoms with Gasteiger partial charge in [0, 0.05) is 31.6 Å². The van der Waals surface area contributed by atoms with E-state index in [4.69, 9.17) is 14.2 Å². The van der Waals surface area contributed by atoms with Crippen molar-refractivity contribution in [2.45, 2.75) is 19.3 Å². The number of rotatable bonds is 7. The first kappa shape index (κ1) is 17.9. The molecule has 0 spiro atoms. The van der Waals surface area contributed by atoms with Crippen LogP contribution in [0.5, 0.6) is 17.2 Å². The van der Waals surface area contributed by atoms with E-state index >= 15 is 0 Å². The van der Waals surface area contributed by atoms with Crippen LogP contribution in [0.25, 0.3) is 0 Å². The van der Waals surface area contributed by atoms with Gasteiger partial charge in [-0.25, -0.2) is 0 Å². The number of piperidine rings is 1. The molecule has 0 atom stereocenters. The van der Waals surface area contributed by atoms with Crippen LogP contribution >= 0.6 is 0 Å². The summed E-state index contributed by atoms with van der Waals surface area (Å²) in [6.45, 7) is 1.69. The summed E-state index contributed by atoms with van der Waals surface area (Å²) in [4.78, 5) is 25.9. The number of benzene rings is 1. The van der Waals surface area contributed by atoms with Crippen molar-refractivity contribution in [2.24, 2.45) is 0 Å². The molecule has 7 heteroatoms. The summed E-state index contributed by atoms with van der Waals surface area (Å²) in [6, 6.07) is 3.20. The molecule has 1 saturated heterocycles. The predicted octanol–water partition coefficient (Wildman–Crippen LogP) is 1.45. The standard InChI is InChI=1S/C17H24N2O5/c1-22-13-10-12(11-14(23-2)16(13)24-3)17(21)18-7-9-19-8-5-4-6-15(19)20/h10-11H,4-9H2,1-3H3,(H,18,21). The van der Waals surface area contributed by atoms with Crippen LogP contribution in [0.4, 0.5) is 0 Å². The van der Waals surface area contributed by atoms with Crippen LogP contribution in [-0.2, 0) is 4.79 Å². The summed E-state index contributed by atoms with van der Waals surface area (Å²) in [5.41, 5.74) is 0.412. The molecular weight excluding hydrogens is 312 g/mol. The number of nitrogens with zero attached hydrogens (tertiary/aromatic N) is 1. The van der Waals surface area contributed by atoms with Gasteiger partial charge < -0.3 is 24.4 Å². The lowest BCUT2D eigenvalue weighted by Gasteiger charge is -2.26. The predicted molar refractivity (Wildman–Crippen MR) is 88.9 cm³/mol. The highest BCUT2D eigenvalue weighted by Gasteiger charge is 2.19. The molecule has 1 fully saturated rings. The van der Waals surface area contributed by atoms with E-state index in [9.17, 15) is 9.59 Å². The normalized spacial score (nSPS) is 14.3. The number of hydrogen-bond donors (Lipinski definition) is 1. The van der Waals surface area contributed by atoms with Crippen LogP contribution in [-0.4, -0.2) is 57.7 Å². The van der Waals surface area contributed by atoms with Crippen LogP contribution in [0.3, 0.4) is 0 Å². The Morgan fingerprint density at radius 2 is 1.79 bits per heavy atom. The van der Waals surface area contributed by atoms with Crippen LogP contribution in [0.15, 0.2) is 12.1 Å². The number of carbonyl (C=O) groups is 2. The number of methoxy groups -OCH3 is 3. The molecule has 2 rings (SSSR count). The molecule has 0 aromatic heterocycles. The topological polar surface area (TPSA) is 77.1 Å². The van der Waals surface area contributed by atoms with Crippen LogP contribution in [0.1, 0.15) is 29.6 Å². The van der Waals surface area contributed by atoms with E-state index in [-0.39, 0.29) is 11.8 Å². The van der Waals surface area contributed by atoms with Gasteiger partial charge in [-0.2, -0.15) is 0 Å². The minimum absolute atomic E-state index is 0.156. The summed E-state index contributed by atoms with van der Waals surface area (Å²) in [5, 5.41) is 2.82. The summed E-state index contributed by atoms with van der Waals surface area (Å²) >= 11 is 0. The second-order valence-corrected chi connectivity index (χ2v) is 5.51. The van der Waals surface area contributed by atoms with Gasteiger partial charge in [-0.3, -0.25) is 9.59 Å². The van der Waals surface area contributed by atoms with Crippen LogP contribution in [0, 0.1) is 0 Å². The fourth-order valence-electron chi connectivity index (χ4n) is 2.72. The summed E-state index contributed by atoms with van der Waals surface area (Å²) in [6.07, 6.45) is 2.57. The fraction of sp³-hybridized carbons (Fsp3) is 0.529. The maximum absolute atomic E-state index is 12.3. The van der Waals surface area contributed by atoms with E-state index < -0.39 is 0 Å². The Balaban J connectivity index is 2.00. The van der Waals surface area contributed by atoms with Crippen LogP contribution < -0.4 is 19.5 Å². The van der Waals surface area contributed by atoms with Gasteiger partial charge >= 0.3 is 0 Å². The lowest BCUT2D eigenvalue weighted by atomic mass is 10.1. The van der Waals surface area contributed by atoms with Crippen molar-refractivity contribution in [3.05, 3.63) is 17.7 Å². The second kappa shape index (κ2) is 8.42. The fourth-order valence-corrected chi connectivity index (χ4v) is 2.72. The monoisotopic (exact) mass is 336 g/mol. The van der Waals surface area contributed by atoms with Crippen molar-refractivity contribution in [3.8, 4) is 17.2 Å². The zero-order valence-corrected chi connectivity index (χ0v) is 14.4. The van der Waals surface area contributed by atoms with Gasteiger partial charge in [-0.15, -0.1) is 0 Å². The van der Waals surface area contributed by atoms with Gasteiger partial charge in [0.15, 0.2) is 11.5 Å². The quantitative estimate of drug-likeness (QED) is 0.816. The van der Waals surface area contributed by atoms with E-state index in [0.717, 1.165) is 19.4 Å². The van der Waals surface area contributed by atoms with Crippen molar-refractivity contribution in [2.75, 3.05) is 41.0 Å². The van der Waals surface area contributed by atoms with Gasteiger partial charge in [0.2, 0.25) is 11.7 Å². The van der Waals surface area contributed by atoms with E-state index in [0.29, 0.717) is 42.3 Å². The molecule has 132 valence electrons. The number of likely N-dealkylation sites (tertiary alicyclic amines) is 1. The molecule has 1 heterocycles. The maximum Gasteiger partial charge on any atom is 0.251 e. The van der Waals surface area contributed by atoms with Gasteiger partial charge in [0.25, 0.3) is 5.91 Å². The third-order valence-corrected chi connectivity index (χ3v) is 4.02. The number of ether oxygens (including phenoxy) is 3. The Morgan fingerprint density at radius 1 is 1.12 bits per heavy atom. The van der Waals surface area contributed by atoms with Crippen LogP contribution in [0.2, 0.25) is 0 Å². The van der Waals surface area contributed by atoms with E-state index in [1.807, 2.05) is 0 Å². The van der Waals surface area contributed by atoms with Crippen molar-refractivity contribution in [3.63, 3.8) is 0 Å². The zero-order chi connectivity index (χ0) is 17.5. The number of amides is 2. The summed E-state index contributed by atoms with van der Waals surface area (Å²) in [5.74, 6) is 1.19. The first-order valence-corrected chi connectivity index (χ1v) is 7.96. The van der Waals surface area contributed by atoms with E-state index in [1.165, 1.54) is 21.3 Å². The molecular formula is C17H24N2O5. The van der Waals surface area contributed by atoms with Crippen molar-refractivity contribution in [1.82, 2.24) is 10.2 Å². The first-order valence-electron chi connectivity index (χ1n) is 7.96. The molecule has 1 aromatic rings. The highest BCUT2D eigenvalue weighted by molar-refractivity contribution is 5.95.